The van der Waals surface area contributed by atoms with Gasteiger partial charge in [0.05, 0.1) is 12.2 Å². The van der Waals surface area contributed by atoms with Crippen LogP contribution in [0.25, 0.3) is 0 Å². The minimum absolute atomic E-state index is 0.0708. The van der Waals surface area contributed by atoms with Crippen molar-refractivity contribution in [2.45, 2.75) is 84.0 Å². The van der Waals surface area contributed by atoms with Crippen LogP contribution in [-0.2, 0) is 4.79 Å². The molecule has 0 radical (unpaired) electrons. The Bertz CT molecular complexity index is 358. The lowest BCUT2D eigenvalue weighted by atomic mass is 9.80. The lowest BCUT2D eigenvalue weighted by Crippen LogP contribution is -2.52. The van der Waals surface area contributed by atoms with E-state index in [2.05, 4.69) is 31.0 Å². The third kappa shape index (κ3) is 2.38. The van der Waals surface area contributed by atoms with E-state index in [1.165, 1.54) is 38.5 Å². The number of carbonyl (C=O) groups is 1. The standard InChI is InChI=1S/C17H30N2O/c1-4-12(3)15-17(20)19(14-9-11(2)10-14)16(18-15)13-7-5-6-8-13/h11-16,18H,4-10H2,1-3H3. The molecule has 3 fully saturated rings. The number of rotatable bonds is 4. The van der Waals surface area contributed by atoms with Gasteiger partial charge in [-0.05, 0) is 43.4 Å². The van der Waals surface area contributed by atoms with Crippen LogP contribution in [0.2, 0.25) is 0 Å². The molecule has 0 bridgehead atoms. The highest BCUT2D eigenvalue weighted by Gasteiger charge is 2.49. The fourth-order valence-corrected chi connectivity index (χ4v) is 4.41. The van der Waals surface area contributed by atoms with Crippen LogP contribution in [0.15, 0.2) is 0 Å². The molecule has 1 heterocycles. The largest absolute Gasteiger partial charge is 0.322 e. The second-order valence-corrected chi connectivity index (χ2v) is 7.50. The molecule has 0 aromatic carbocycles. The summed E-state index contributed by atoms with van der Waals surface area (Å²) in [6.07, 6.45) is 9.14. The Balaban J connectivity index is 1.76. The Hall–Kier alpha value is -0.570. The average Bonchev–Trinajstić information content (AvgIpc) is 3.02. The first-order valence-corrected chi connectivity index (χ1v) is 8.70. The minimum Gasteiger partial charge on any atom is -0.322 e. The lowest BCUT2D eigenvalue weighted by molar-refractivity contribution is -0.136. The Morgan fingerprint density at radius 3 is 2.50 bits per heavy atom. The normalized spacial score (nSPS) is 40.1. The van der Waals surface area contributed by atoms with Gasteiger partial charge in [-0.1, -0.05) is 40.0 Å². The molecule has 3 nitrogen and oxygen atoms in total. The Morgan fingerprint density at radius 1 is 1.30 bits per heavy atom. The van der Waals surface area contributed by atoms with Crippen LogP contribution in [0.3, 0.4) is 0 Å². The van der Waals surface area contributed by atoms with Gasteiger partial charge in [0.2, 0.25) is 5.91 Å². The summed E-state index contributed by atoms with van der Waals surface area (Å²) in [5, 5.41) is 3.72. The molecule has 0 spiro atoms. The van der Waals surface area contributed by atoms with Crippen LogP contribution in [-0.4, -0.2) is 29.1 Å². The fourth-order valence-electron chi connectivity index (χ4n) is 4.41. The van der Waals surface area contributed by atoms with E-state index in [1.54, 1.807) is 0 Å². The maximum Gasteiger partial charge on any atom is 0.241 e. The molecular formula is C17H30N2O. The van der Waals surface area contributed by atoms with Crippen molar-refractivity contribution in [3.05, 3.63) is 0 Å². The zero-order chi connectivity index (χ0) is 14.3. The number of hydrogen-bond donors (Lipinski definition) is 1. The summed E-state index contributed by atoms with van der Waals surface area (Å²) in [5.74, 6) is 2.35. The van der Waals surface area contributed by atoms with Gasteiger partial charge in [0.25, 0.3) is 0 Å². The zero-order valence-corrected chi connectivity index (χ0v) is 13.3. The highest BCUT2D eigenvalue weighted by Crippen LogP contribution is 2.40. The van der Waals surface area contributed by atoms with Crippen molar-refractivity contribution in [2.24, 2.45) is 17.8 Å². The van der Waals surface area contributed by atoms with Crippen LogP contribution < -0.4 is 5.32 Å². The molecule has 0 aromatic heterocycles. The summed E-state index contributed by atoms with van der Waals surface area (Å²) in [7, 11) is 0. The summed E-state index contributed by atoms with van der Waals surface area (Å²) in [4.78, 5) is 15.1. The van der Waals surface area contributed by atoms with Gasteiger partial charge in [-0.2, -0.15) is 0 Å². The van der Waals surface area contributed by atoms with Gasteiger partial charge in [0.1, 0.15) is 0 Å². The quantitative estimate of drug-likeness (QED) is 0.857. The molecule has 3 rings (SSSR count). The van der Waals surface area contributed by atoms with E-state index in [9.17, 15) is 4.79 Å². The van der Waals surface area contributed by atoms with E-state index >= 15 is 0 Å². The second-order valence-electron chi connectivity index (χ2n) is 7.50. The predicted octanol–water partition coefficient (Wildman–Crippen LogP) is 3.15. The first-order valence-electron chi connectivity index (χ1n) is 8.70. The van der Waals surface area contributed by atoms with Crippen LogP contribution in [0, 0.1) is 17.8 Å². The van der Waals surface area contributed by atoms with Gasteiger partial charge in [0.15, 0.2) is 0 Å². The number of hydrogen-bond acceptors (Lipinski definition) is 2. The van der Waals surface area contributed by atoms with Crippen molar-refractivity contribution in [3.63, 3.8) is 0 Å². The fraction of sp³-hybridized carbons (Fsp3) is 0.941. The molecule has 2 saturated carbocycles. The number of carbonyl (C=O) groups excluding carboxylic acids is 1. The molecule has 0 aromatic rings. The van der Waals surface area contributed by atoms with E-state index in [1.807, 2.05) is 0 Å². The Labute approximate surface area is 123 Å². The van der Waals surface area contributed by atoms with Crippen molar-refractivity contribution < 1.29 is 4.79 Å². The van der Waals surface area contributed by atoms with Gasteiger partial charge in [-0.15, -0.1) is 0 Å². The van der Waals surface area contributed by atoms with E-state index in [0.717, 1.165) is 12.3 Å². The van der Waals surface area contributed by atoms with Gasteiger partial charge in [-0.25, -0.2) is 0 Å². The number of amides is 1. The summed E-state index contributed by atoms with van der Waals surface area (Å²) < 4.78 is 0. The molecule has 3 aliphatic rings. The van der Waals surface area contributed by atoms with Gasteiger partial charge in [0, 0.05) is 6.04 Å². The van der Waals surface area contributed by atoms with E-state index in [4.69, 9.17) is 0 Å². The van der Waals surface area contributed by atoms with Crippen LogP contribution in [0.4, 0.5) is 0 Å². The summed E-state index contributed by atoms with van der Waals surface area (Å²) >= 11 is 0. The molecular weight excluding hydrogens is 248 g/mol. The topological polar surface area (TPSA) is 32.3 Å². The average molecular weight is 278 g/mol. The molecule has 3 heteroatoms. The maximum absolute atomic E-state index is 12.9. The maximum atomic E-state index is 12.9. The van der Waals surface area contributed by atoms with E-state index in [-0.39, 0.29) is 6.04 Å². The molecule has 3 atom stereocenters. The van der Waals surface area contributed by atoms with E-state index < -0.39 is 0 Å². The first kappa shape index (κ1) is 14.4. The Morgan fingerprint density at radius 2 is 1.95 bits per heavy atom. The van der Waals surface area contributed by atoms with Crippen LogP contribution in [0.5, 0.6) is 0 Å². The van der Waals surface area contributed by atoms with Crippen molar-refractivity contribution in [3.8, 4) is 0 Å². The predicted molar refractivity (Wildman–Crippen MR) is 81.2 cm³/mol. The highest BCUT2D eigenvalue weighted by atomic mass is 16.2. The van der Waals surface area contributed by atoms with Gasteiger partial charge < -0.3 is 4.90 Å². The van der Waals surface area contributed by atoms with E-state index in [0.29, 0.717) is 30.0 Å². The zero-order valence-electron chi connectivity index (χ0n) is 13.3. The summed E-state index contributed by atoms with van der Waals surface area (Å²) in [6, 6.07) is 0.589. The highest BCUT2D eigenvalue weighted by molar-refractivity contribution is 5.85. The Kier molecular flexibility index (Phi) is 4.07. The van der Waals surface area contributed by atoms with Crippen LogP contribution >= 0.6 is 0 Å². The number of nitrogens with zero attached hydrogens (tertiary/aromatic N) is 1. The summed E-state index contributed by atoms with van der Waals surface area (Å²) in [5.41, 5.74) is 0. The molecule has 1 saturated heterocycles. The van der Waals surface area contributed by atoms with Crippen molar-refractivity contribution >= 4 is 5.91 Å². The number of nitrogens with one attached hydrogen (secondary N) is 1. The molecule has 3 unspecified atom stereocenters. The molecule has 2 aliphatic carbocycles. The smallest absolute Gasteiger partial charge is 0.241 e. The minimum atomic E-state index is 0.0708. The van der Waals surface area contributed by atoms with Crippen molar-refractivity contribution in [1.82, 2.24) is 10.2 Å². The van der Waals surface area contributed by atoms with Crippen molar-refractivity contribution in [2.75, 3.05) is 0 Å². The first-order chi connectivity index (χ1) is 9.61. The van der Waals surface area contributed by atoms with Crippen molar-refractivity contribution in [1.29, 1.82) is 0 Å². The second kappa shape index (κ2) is 5.67. The molecule has 1 N–H and O–H groups in total. The molecule has 1 aliphatic heterocycles. The molecule has 20 heavy (non-hydrogen) atoms. The third-order valence-electron chi connectivity index (χ3n) is 5.97. The molecule has 1 amide bonds. The molecule has 114 valence electrons. The summed E-state index contributed by atoms with van der Waals surface area (Å²) in [6.45, 7) is 6.72. The van der Waals surface area contributed by atoms with Gasteiger partial charge in [-0.3, -0.25) is 10.1 Å². The van der Waals surface area contributed by atoms with Gasteiger partial charge >= 0.3 is 0 Å². The lowest BCUT2D eigenvalue weighted by Gasteiger charge is -2.43. The third-order valence-corrected chi connectivity index (χ3v) is 5.97. The monoisotopic (exact) mass is 278 g/mol. The SMILES string of the molecule is CCC(C)C1NC(C2CCCC2)N(C2CC(C)C2)C1=O. The van der Waals surface area contributed by atoms with Crippen LogP contribution in [0.1, 0.15) is 65.7 Å².